The smallest absolute Gasteiger partial charge is 0.326 e. The van der Waals surface area contributed by atoms with E-state index < -0.39 is 16.1 Å². The molecule has 0 aliphatic carbocycles. The Labute approximate surface area is 270 Å². The fourth-order valence-corrected chi connectivity index (χ4v) is 6.73. The summed E-state index contributed by atoms with van der Waals surface area (Å²) in [5.41, 5.74) is 4.27. The van der Waals surface area contributed by atoms with Crippen molar-refractivity contribution in [2.75, 3.05) is 17.5 Å². The quantitative estimate of drug-likeness (QED) is 0.180. The molecule has 4 aromatic carbocycles. The van der Waals surface area contributed by atoms with E-state index in [2.05, 4.69) is 0 Å². The molecule has 0 atom stereocenters. The van der Waals surface area contributed by atoms with Gasteiger partial charge in [0.05, 0.1) is 23.0 Å². The van der Waals surface area contributed by atoms with Crippen LogP contribution in [0.15, 0.2) is 91.1 Å². The van der Waals surface area contributed by atoms with Crippen LogP contribution >= 0.6 is 23.2 Å². The first-order valence-electron chi connectivity index (χ1n) is 14.1. The van der Waals surface area contributed by atoms with Gasteiger partial charge in [0.15, 0.2) is 0 Å². The minimum absolute atomic E-state index is 0.311. The number of aromatic nitrogens is 2. The lowest BCUT2D eigenvalue weighted by Gasteiger charge is -2.16. The molecule has 0 radical (unpaired) electrons. The van der Waals surface area contributed by atoms with Gasteiger partial charge in [-0.15, -0.1) is 0 Å². The summed E-state index contributed by atoms with van der Waals surface area (Å²) in [4.78, 5) is 16.8. The van der Waals surface area contributed by atoms with Crippen molar-refractivity contribution in [2.45, 2.75) is 19.8 Å². The third-order valence-corrected chi connectivity index (χ3v) is 9.19. The lowest BCUT2D eigenvalue weighted by molar-refractivity contribution is -0.117. The summed E-state index contributed by atoms with van der Waals surface area (Å²) in [6, 6.07) is 24.2. The Kier molecular flexibility index (Phi) is 8.54. The number of anilines is 1. The third-order valence-electron chi connectivity index (χ3n) is 7.24. The number of hydrogen-bond acceptors (Lipinski definition) is 5. The van der Waals surface area contributed by atoms with Gasteiger partial charge in [-0.1, -0.05) is 60.5 Å². The molecule has 8 nitrogen and oxygen atoms in total. The van der Waals surface area contributed by atoms with Crippen molar-refractivity contribution in [3.63, 3.8) is 0 Å². The van der Waals surface area contributed by atoms with E-state index in [1.807, 2.05) is 52.7 Å². The highest BCUT2D eigenvalue weighted by Gasteiger charge is 2.34. The van der Waals surface area contributed by atoms with Crippen LogP contribution in [0, 0.1) is 5.82 Å². The van der Waals surface area contributed by atoms with Gasteiger partial charge in [0, 0.05) is 34.5 Å². The van der Waals surface area contributed by atoms with Crippen molar-refractivity contribution in [1.82, 2.24) is 14.3 Å². The molecule has 1 saturated heterocycles. The molecule has 0 spiro atoms. The first-order valence-corrected chi connectivity index (χ1v) is 16.3. The molecule has 1 aromatic heterocycles. The number of rotatable bonds is 9. The van der Waals surface area contributed by atoms with Crippen molar-refractivity contribution in [1.29, 1.82) is 0 Å². The van der Waals surface area contributed by atoms with E-state index in [1.54, 1.807) is 48.5 Å². The third kappa shape index (κ3) is 6.54. The first-order chi connectivity index (χ1) is 21.6. The summed E-state index contributed by atoms with van der Waals surface area (Å²) >= 11 is 12.7. The number of nitrogens with zero attached hydrogens (tertiary/aromatic N) is 3. The SMILES string of the molecule is CCCOc1ccc(F)c(-c2ccc(Cc3nc(-c4ccc(Cl)cc4Cl)cn3-c3cccc(N4CC(=O)NS4(=O)=O)c3)cc2)c1. The number of amides is 1. The van der Waals surface area contributed by atoms with Gasteiger partial charge < -0.3 is 9.30 Å². The molecule has 0 unspecified atom stereocenters. The largest absolute Gasteiger partial charge is 0.494 e. The monoisotopic (exact) mass is 664 g/mol. The molecule has 1 fully saturated rings. The average molecular weight is 666 g/mol. The van der Waals surface area contributed by atoms with E-state index in [4.69, 9.17) is 32.9 Å². The molecule has 1 aliphatic rings. The summed E-state index contributed by atoms with van der Waals surface area (Å²) in [7, 11) is -3.99. The van der Waals surface area contributed by atoms with E-state index in [0.717, 1.165) is 16.3 Å². The summed E-state index contributed by atoms with van der Waals surface area (Å²) in [6.07, 6.45) is 3.05. The molecule has 0 saturated carbocycles. The Morgan fingerprint density at radius 2 is 1.73 bits per heavy atom. The number of benzene rings is 4. The van der Waals surface area contributed by atoms with Crippen molar-refractivity contribution in [3.05, 3.63) is 118 Å². The number of imidazole rings is 1. The molecule has 230 valence electrons. The lowest BCUT2D eigenvalue weighted by Crippen LogP contribution is -2.29. The molecule has 1 aliphatic heterocycles. The molecule has 1 N–H and O–H groups in total. The molecule has 2 heterocycles. The Balaban J connectivity index is 1.37. The number of halogens is 3. The maximum Gasteiger partial charge on any atom is 0.326 e. The summed E-state index contributed by atoms with van der Waals surface area (Å²) in [6.45, 7) is 2.25. The van der Waals surface area contributed by atoms with Crippen LogP contribution in [0.4, 0.5) is 10.1 Å². The first kappa shape index (κ1) is 30.6. The Bertz CT molecular complexity index is 2020. The zero-order valence-electron chi connectivity index (χ0n) is 24.0. The zero-order valence-corrected chi connectivity index (χ0v) is 26.3. The van der Waals surface area contributed by atoms with Gasteiger partial charge in [-0.2, -0.15) is 8.42 Å². The zero-order chi connectivity index (χ0) is 31.7. The van der Waals surface area contributed by atoms with E-state index >= 15 is 0 Å². The van der Waals surface area contributed by atoms with Gasteiger partial charge in [0.2, 0.25) is 0 Å². The van der Waals surface area contributed by atoms with Crippen LogP contribution in [0.1, 0.15) is 24.7 Å². The summed E-state index contributed by atoms with van der Waals surface area (Å²) in [5, 5.41) is 0.918. The minimum Gasteiger partial charge on any atom is -0.494 e. The summed E-state index contributed by atoms with van der Waals surface area (Å²) < 4.78 is 50.3. The standard InChI is InChI=1S/C33H27Cl2FN4O4S/c1-2-14-44-26-11-13-30(36)28(18-26)22-8-6-21(7-9-22)15-32-37-31(27-12-10-23(34)16-29(27)35)19-39(32)24-4-3-5-25(17-24)40-20-33(41)38-45(40,42)43/h3-13,16-19H,2,14-15,20H2,1H3,(H,38,41). The minimum atomic E-state index is -3.99. The normalized spacial score (nSPS) is 14.0. The highest BCUT2D eigenvalue weighted by molar-refractivity contribution is 7.92. The number of hydrogen-bond donors (Lipinski definition) is 1. The molecule has 5 aromatic rings. The lowest BCUT2D eigenvalue weighted by atomic mass is 10.0. The summed E-state index contributed by atoms with van der Waals surface area (Å²) in [5.74, 6) is 0.299. The molecule has 0 bridgehead atoms. The molecule has 12 heteroatoms. The van der Waals surface area contributed by atoms with Crippen LogP contribution in [0.25, 0.3) is 28.1 Å². The Morgan fingerprint density at radius 3 is 2.44 bits per heavy atom. The van der Waals surface area contributed by atoms with E-state index in [1.165, 1.54) is 6.07 Å². The van der Waals surface area contributed by atoms with Gasteiger partial charge in [-0.05, 0) is 72.1 Å². The van der Waals surface area contributed by atoms with Crippen molar-refractivity contribution >= 4 is 45.0 Å². The molecule has 45 heavy (non-hydrogen) atoms. The second-order valence-corrected chi connectivity index (χ2v) is 12.9. The van der Waals surface area contributed by atoms with Crippen LogP contribution < -0.4 is 13.8 Å². The number of carbonyl (C=O) groups excluding carboxylic acids is 1. The molecular formula is C33H27Cl2FN4O4S. The Morgan fingerprint density at radius 1 is 0.956 bits per heavy atom. The van der Waals surface area contributed by atoms with E-state index in [9.17, 15) is 17.6 Å². The van der Waals surface area contributed by atoms with E-state index in [-0.39, 0.29) is 12.4 Å². The average Bonchev–Trinajstić information content (AvgIpc) is 3.55. The van der Waals surface area contributed by atoms with Crippen molar-refractivity contribution < 1.29 is 22.3 Å². The highest BCUT2D eigenvalue weighted by atomic mass is 35.5. The van der Waals surface area contributed by atoms with Crippen LogP contribution in [-0.4, -0.2) is 37.0 Å². The van der Waals surface area contributed by atoms with Gasteiger partial charge in [-0.3, -0.25) is 4.79 Å². The van der Waals surface area contributed by atoms with Crippen molar-refractivity contribution in [2.24, 2.45) is 0 Å². The van der Waals surface area contributed by atoms with Crippen LogP contribution in [-0.2, 0) is 21.4 Å². The predicted octanol–water partition coefficient (Wildman–Crippen LogP) is 7.21. The van der Waals surface area contributed by atoms with Gasteiger partial charge in [0.1, 0.15) is 23.9 Å². The fraction of sp³-hybridized carbons (Fsp3) is 0.152. The van der Waals surface area contributed by atoms with Crippen LogP contribution in [0.5, 0.6) is 5.75 Å². The second-order valence-electron chi connectivity index (χ2n) is 10.5. The van der Waals surface area contributed by atoms with Gasteiger partial charge >= 0.3 is 10.2 Å². The molecule has 1 amide bonds. The van der Waals surface area contributed by atoms with Crippen molar-refractivity contribution in [3.8, 4) is 33.8 Å². The van der Waals surface area contributed by atoms with Gasteiger partial charge in [-0.25, -0.2) is 18.4 Å². The number of ether oxygens (including phenoxy) is 1. The second kappa shape index (κ2) is 12.5. The number of nitrogens with one attached hydrogen (secondary N) is 1. The maximum atomic E-state index is 14.7. The Hall–Kier alpha value is -4.38. The topological polar surface area (TPSA) is 93.5 Å². The van der Waals surface area contributed by atoms with Crippen LogP contribution in [0.3, 0.4) is 0 Å². The maximum absolute atomic E-state index is 14.7. The van der Waals surface area contributed by atoms with Crippen LogP contribution in [0.2, 0.25) is 10.0 Å². The highest BCUT2D eigenvalue weighted by Crippen LogP contribution is 2.33. The number of carbonyl (C=O) groups is 1. The van der Waals surface area contributed by atoms with E-state index in [0.29, 0.717) is 68.4 Å². The fourth-order valence-electron chi connectivity index (χ4n) is 5.09. The molecule has 6 rings (SSSR count). The van der Waals surface area contributed by atoms with Gasteiger partial charge in [0.25, 0.3) is 5.91 Å². The molecular weight excluding hydrogens is 638 g/mol. The predicted molar refractivity (Wildman–Crippen MR) is 174 cm³/mol.